The van der Waals surface area contributed by atoms with Crippen LogP contribution in [-0.2, 0) is 28.7 Å². The summed E-state index contributed by atoms with van der Waals surface area (Å²) in [6, 6.07) is 22.0. The van der Waals surface area contributed by atoms with Crippen molar-refractivity contribution in [1.82, 2.24) is 10.2 Å². The van der Waals surface area contributed by atoms with Crippen molar-refractivity contribution in [3.05, 3.63) is 124 Å². The van der Waals surface area contributed by atoms with Gasteiger partial charge in [-0.1, -0.05) is 100 Å². The minimum atomic E-state index is -1.58. The number of likely N-dealkylation sites (tertiary alicyclic amines) is 1. The highest BCUT2D eigenvalue weighted by Crippen LogP contribution is 2.60. The van der Waals surface area contributed by atoms with Crippen LogP contribution in [0, 0.1) is 11.8 Å². The van der Waals surface area contributed by atoms with Gasteiger partial charge in [0.15, 0.2) is 0 Å². The number of benzene rings is 3. The van der Waals surface area contributed by atoms with E-state index in [1.54, 1.807) is 67.6 Å². The average Bonchev–Trinajstić information content (AvgIpc) is 3.73. The van der Waals surface area contributed by atoms with E-state index < -0.39 is 72.2 Å². The Balaban J connectivity index is 1.39. The van der Waals surface area contributed by atoms with Crippen molar-refractivity contribution in [2.45, 2.75) is 55.7 Å². The van der Waals surface area contributed by atoms with Gasteiger partial charge in [0.05, 0.1) is 24.6 Å². The van der Waals surface area contributed by atoms with Gasteiger partial charge in [-0.3, -0.25) is 19.2 Å². The summed E-state index contributed by atoms with van der Waals surface area (Å²) in [7, 11) is 0. The first kappa shape index (κ1) is 35.1. The normalized spacial score (nSPS) is 30.8. The summed E-state index contributed by atoms with van der Waals surface area (Å²) >= 11 is 9.84. The van der Waals surface area contributed by atoms with Gasteiger partial charge < -0.3 is 29.7 Å². The van der Waals surface area contributed by atoms with Crippen molar-refractivity contribution in [2.24, 2.45) is 11.8 Å². The van der Waals surface area contributed by atoms with Gasteiger partial charge in [-0.05, 0) is 54.8 Å². The lowest BCUT2D eigenvalue weighted by molar-refractivity contribution is -0.161. The lowest BCUT2D eigenvalue weighted by Gasteiger charge is -2.38. The van der Waals surface area contributed by atoms with E-state index in [4.69, 9.17) is 21.1 Å². The number of hydrogen-bond donors (Lipinski definition) is 2. The first-order chi connectivity index (χ1) is 24.6. The zero-order chi connectivity index (χ0) is 35.9. The number of fused-ring (bicyclic) bond motifs is 2. The number of halogens is 2. The number of nitrogens with zero attached hydrogens (tertiary/aromatic N) is 2. The van der Waals surface area contributed by atoms with Crippen LogP contribution < -0.4 is 10.2 Å². The molecule has 51 heavy (non-hydrogen) atoms. The van der Waals surface area contributed by atoms with Crippen molar-refractivity contribution in [2.75, 3.05) is 18.1 Å². The SMILES string of the molecule is C[C@H]1NC(=O)CC/C=C\CN(c2ccc(Cl)cc2)C(=O)[C@@H]2N([C@H](CO)c3ccccc3)C(=O)[C@H]3[C@H](C(=O)O[C@@H]1c1ccccc1)[C@H]1O[C@@]23C=C1Br. The largest absolute Gasteiger partial charge is 0.455 e. The van der Waals surface area contributed by atoms with E-state index in [1.807, 2.05) is 42.5 Å². The molecule has 3 amide bonds. The molecule has 10 nitrogen and oxygen atoms in total. The Kier molecular flexibility index (Phi) is 9.91. The molecule has 4 aliphatic heterocycles. The molecular formula is C39H37BrClN3O7. The summed E-state index contributed by atoms with van der Waals surface area (Å²) in [5.41, 5.74) is 0.227. The van der Waals surface area contributed by atoms with Crippen molar-refractivity contribution in [3.63, 3.8) is 0 Å². The van der Waals surface area contributed by atoms with Crippen LogP contribution >= 0.6 is 27.5 Å². The van der Waals surface area contributed by atoms with Crippen LogP contribution in [0.15, 0.2) is 108 Å². The molecule has 3 aromatic carbocycles. The molecule has 2 N–H and O–H groups in total. The van der Waals surface area contributed by atoms with Crippen molar-refractivity contribution >= 4 is 56.9 Å². The number of allylic oxidation sites excluding steroid dienone is 1. The number of carbonyl (C=O) groups excluding carboxylic acids is 4. The minimum Gasteiger partial charge on any atom is -0.455 e. The molecule has 2 saturated heterocycles. The molecule has 3 aromatic rings. The fraction of sp³-hybridized carbons (Fsp3) is 0.333. The Labute approximate surface area is 309 Å². The third kappa shape index (κ3) is 6.30. The number of amides is 3. The van der Waals surface area contributed by atoms with Gasteiger partial charge in [-0.25, -0.2) is 0 Å². The second kappa shape index (κ2) is 14.4. The number of cyclic esters (lactones) is 1. The van der Waals surface area contributed by atoms with Gasteiger partial charge in [0.1, 0.15) is 29.8 Å². The Hall–Kier alpha value is -4.29. The summed E-state index contributed by atoms with van der Waals surface area (Å²) in [6.07, 6.45) is 4.14. The van der Waals surface area contributed by atoms with Gasteiger partial charge in [-0.15, -0.1) is 0 Å². The molecule has 8 atom stereocenters. The van der Waals surface area contributed by atoms with Crippen LogP contribution in [0.5, 0.6) is 0 Å². The number of anilines is 1. The molecule has 0 radical (unpaired) electrons. The predicted molar refractivity (Wildman–Crippen MR) is 194 cm³/mol. The molecule has 0 unspecified atom stereocenters. The van der Waals surface area contributed by atoms with Crippen LogP contribution in [0.2, 0.25) is 5.02 Å². The number of ether oxygens (including phenoxy) is 2. The Morgan fingerprint density at radius 3 is 2.31 bits per heavy atom. The van der Waals surface area contributed by atoms with Crippen molar-refractivity contribution in [3.8, 4) is 0 Å². The summed E-state index contributed by atoms with van der Waals surface area (Å²) in [6.45, 7) is 1.39. The highest BCUT2D eigenvalue weighted by molar-refractivity contribution is 9.11. The Morgan fingerprint density at radius 2 is 1.63 bits per heavy atom. The fourth-order valence-electron chi connectivity index (χ4n) is 7.88. The number of aliphatic hydroxyl groups excluding tert-OH is 1. The van der Waals surface area contributed by atoms with Gasteiger partial charge in [-0.2, -0.15) is 0 Å². The maximum Gasteiger partial charge on any atom is 0.313 e. The van der Waals surface area contributed by atoms with Crippen LogP contribution in [0.3, 0.4) is 0 Å². The zero-order valence-corrected chi connectivity index (χ0v) is 30.1. The molecule has 264 valence electrons. The molecular weight excluding hydrogens is 738 g/mol. The standard InChI is InChI=1S/C39H37BrClN3O7/c1-23-33(25-13-7-3-8-14-25)50-38(49)31-32-36(47)44(29(22-45)24-11-5-2-6-12-24)35(39(32)21-28(40)34(31)51-39)37(48)43(27-18-16-26(41)17-19-27)20-10-4-9-15-30(46)42-23/h2-8,10-14,16-19,21,23,29,31-35,45H,9,15,20,22H2,1H3,(H,42,46)/b10-4-/t23-,29-,31+,32-,33+,34+,35+,39-/m1/s1. The van der Waals surface area contributed by atoms with E-state index in [1.165, 1.54) is 9.80 Å². The molecule has 0 saturated carbocycles. The lowest BCUT2D eigenvalue weighted by atomic mass is 9.74. The third-order valence-corrected chi connectivity index (χ3v) is 11.1. The average molecular weight is 775 g/mol. The Morgan fingerprint density at radius 1 is 0.941 bits per heavy atom. The van der Waals surface area contributed by atoms with E-state index in [9.17, 15) is 19.5 Å². The van der Waals surface area contributed by atoms with Crippen LogP contribution in [0.4, 0.5) is 5.69 Å². The monoisotopic (exact) mass is 773 g/mol. The van der Waals surface area contributed by atoms with E-state index in [0.29, 0.717) is 32.7 Å². The number of nitrogens with one attached hydrogen (secondary N) is 1. The number of hydrogen-bond acceptors (Lipinski definition) is 7. The quantitative estimate of drug-likeness (QED) is 0.262. The maximum atomic E-state index is 15.2. The highest BCUT2D eigenvalue weighted by Gasteiger charge is 2.75. The van der Waals surface area contributed by atoms with E-state index >= 15 is 4.79 Å². The van der Waals surface area contributed by atoms with Gasteiger partial charge >= 0.3 is 5.97 Å². The van der Waals surface area contributed by atoms with E-state index in [-0.39, 0.29) is 18.9 Å². The maximum absolute atomic E-state index is 15.2. The number of carbonyl (C=O) groups is 4. The molecule has 12 heteroatoms. The molecule has 7 rings (SSSR count). The summed E-state index contributed by atoms with van der Waals surface area (Å²) < 4.78 is 13.5. The summed E-state index contributed by atoms with van der Waals surface area (Å²) in [5.74, 6) is -4.20. The van der Waals surface area contributed by atoms with Crippen LogP contribution in [0.1, 0.15) is 43.0 Å². The lowest BCUT2D eigenvalue weighted by Crippen LogP contribution is -2.57. The van der Waals surface area contributed by atoms with E-state index in [0.717, 1.165) is 0 Å². The topological polar surface area (TPSA) is 125 Å². The predicted octanol–water partition coefficient (Wildman–Crippen LogP) is 5.42. The molecule has 4 aliphatic rings. The first-order valence-corrected chi connectivity index (χ1v) is 18.1. The molecule has 0 aliphatic carbocycles. The molecule has 4 heterocycles. The number of esters is 1. The fourth-order valence-corrected chi connectivity index (χ4v) is 8.74. The second-order valence-corrected chi connectivity index (χ2v) is 14.6. The van der Waals surface area contributed by atoms with E-state index in [2.05, 4.69) is 21.2 Å². The summed E-state index contributed by atoms with van der Waals surface area (Å²) in [5, 5.41) is 14.4. The zero-order valence-electron chi connectivity index (χ0n) is 27.7. The molecule has 0 aromatic heterocycles. The number of rotatable bonds is 5. The minimum absolute atomic E-state index is 0.1000. The third-order valence-electron chi connectivity index (χ3n) is 10.2. The van der Waals surface area contributed by atoms with Gasteiger partial charge in [0.2, 0.25) is 11.8 Å². The smallest absolute Gasteiger partial charge is 0.313 e. The highest BCUT2D eigenvalue weighted by atomic mass is 79.9. The molecule has 2 fully saturated rings. The molecule has 5 bridgehead atoms. The van der Waals surface area contributed by atoms with Gasteiger partial charge in [0, 0.05) is 28.2 Å². The number of aliphatic hydroxyl groups is 1. The summed E-state index contributed by atoms with van der Waals surface area (Å²) in [4.78, 5) is 60.7. The van der Waals surface area contributed by atoms with Gasteiger partial charge in [0.25, 0.3) is 5.91 Å². The second-order valence-electron chi connectivity index (χ2n) is 13.2. The van der Waals surface area contributed by atoms with Crippen LogP contribution in [0.25, 0.3) is 0 Å². The van der Waals surface area contributed by atoms with Crippen LogP contribution in [-0.4, -0.2) is 70.6 Å². The first-order valence-electron chi connectivity index (χ1n) is 17.0. The van der Waals surface area contributed by atoms with Crippen molar-refractivity contribution in [1.29, 1.82) is 0 Å². The van der Waals surface area contributed by atoms with Crippen molar-refractivity contribution < 1.29 is 33.8 Å². The molecule has 1 spiro atoms. The Bertz CT molecular complexity index is 1870.